The van der Waals surface area contributed by atoms with Gasteiger partial charge in [-0.15, -0.1) is 0 Å². The van der Waals surface area contributed by atoms with Crippen molar-refractivity contribution in [3.63, 3.8) is 0 Å². The van der Waals surface area contributed by atoms with Gasteiger partial charge in [0.1, 0.15) is 11.4 Å². The Morgan fingerprint density at radius 1 is 1.22 bits per heavy atom. The van der Waals surface area contributed by atoms with E-state index in [1.165, 1.54) is 0 Å². The van der Waals surface area contributed by atoms with Gasteiger partial charge in [0.25, 0.3) is 0 Å². The van der Waals surface area contributed by atoms with E-state index in [0.29, 0.717) is 12.2 Å². The van der Waals surface area contributed by atoms with E-state index in [0.717, 1.165) is 18.1 Å². The van der Waals surface area contributed by atoms with Gasteiger partial charge in [-0.2, -0.15) is 0 Å². The van der Waals surface area contributed by atoms with Gasteiger partial charge in [0.15, 0.2) is 0 Å². The Morgan fingerprint density at radius 2 is 1.87 bits per heavy atom. The summed E-state index contributed by atoms with van der Waals surface area (Å²) in [5.41, 5.74) is 1.15. The molecule has 23 heavy (non-hydrogen) atoms. The number of benzene rings is 1. The number of nitrogens with one attached hydrogen (secondary N) is 2. The molecule has 124 valence electrons. The number of anilines is 2. The number of imidazole rings is 1. The van der Waals surface area contributed by atoms with E-state index in [-0.39, 0.29) is 0 Å². The fourth-order valence-electron chi connectivity index (χ4n) is 2.07. The second-order valence-corrected chi connectivity index (χ2v) is 6.19. The minimum Gasteiger partial charge on any atom is -0.444 e. The molecule has 0 bridgehead atoms. The summed E-state index contributed by atoms with van der Waals surface area (Å²) >= 11 is 0. The number of ether oxygens (including phenoxy) is 1. The van der Waals surface area contributed by atoms with Gasteiger partial charge in [-0.3, -0.25) is 5.32 Å². The van der Waals surface area contributed by atoms with Crippen LogP contribution in [0.15, 0.2) is 36.7 Å². The Labute approximate surface area is 136 Å². The molecule has 0 fully saturated rings. The predicted octanol–water partition coefficient (Wildman–Crippen LogP) is 3.86. The quantitative estimate of drug-likeness (QED) is 0.879. The number of aryl methyl sites for hydroxylation is 1. The molecule has 0 aliphatic heterocycles. The number of nitrogens with zero attached hydrogens (tertiary/aromatic N) is 2. The van der Waals surface area contributed by atoms with Gasteiger partial charge < -0.3 is 14.6 Å². The lowest BCUT2D eigenvalue weighted by Gasteiger charge is -2.19. The highest BCUT2D eigenvalue weighted by Gasteiger charge is 2.16. The summed E-state index contributed by atoms with van der Waals surface area (Å²) in [6.45, 7) is 9.14. The number of carbonyl (C=O) groups excluding carboxylic acids is 1. The minimum absolute atomic E-state index is 0.455. The summed E-state index contributed by atoms with van der Waals surface area (Å²) in [7, 11) is 0. The summed E-state index contributed by atoms with van der Waals surface area (Å²) in [5.74, 6) is 0.989. The Morgan fingerprint density at radius 3 is 2.48 bits per heavy atom. The fourth-order valence-corrected chi connectivity index (χ4v) is 2.07. The zero-order valence-corrected chi connectivity index (χ0v) is 14.1. The van der Waals surface area contributed by atoms with Crippen LogP contribution >= 0.6 is 0 Å². The Bertz CT molecular complexity index is 641. The first-order valence-corrected chi connectivity index (χ1v) is 7.71. The molecule has 6 heteroatoms. The Hall–Kier alpha value is -2.50. The fraction of sp³-hybridized carbons (Fsp3) is 0.412. The van der Waals surface area contributed by atoms with Gasteiger partial charge >= 0.3 is 6.09 Å². The highest BCUT2D eigenvalue weighted by molar-refractivity contribution is 5.85. The van der Waals surface area contributed by atoms with Crippen molar-refractivity contribution in [2.45, 2.75) is 46.4 Å². The van der Waals surface area contributed by atoms with E-state index in [4.69, 9.17) is 4.74 Å². The number of rotatable bonds is 5. The van der Waals surface area contributed by atoms with Crippen LogP contribution in [0, 0.1) is 0 Å². The molecule has 1 amide bonds. The van der Waals surface area contributed by atoms with Crippen LogP contribution in [-0.4, -0.2) is 21.2 Å². The molecule has 1 aromatic carbocycles. The van der Waals surface area contributed by atoms with Crippen molar-refractivity contribution in [3.8, 4) is 0 Å². The summed E-state index contributed by atoms with van der Waals surface area (Å²) in [6, 6.07) is 7.48. The molecule has 0 radical (unpaired) electrons. The van der Waals surface area contributed by atoms with Gasteiger partial charge in [-0.1, -0.05) is 0 Å². The maximum atomic E-state index is 11.7. The van der Waals surface area contributed by atoms with Gasteiger partial charge in [0.2, 0.25) is 0 Å². The zero-order chi connectivity index (χ0) is 16.9. The van der Waals surface area contributed by atoms with Crippen molar-refractivity contribution in [1.29, 1.82) is 0 Å². The lowest BCUT2D eigenvalue weighted by molar-refractivity contribution is 0.0636. The molecule has 0 spiro atoms. The monoisotopic (exact) mass is 316 g/mol. The summed E-state index contributed by atoms with van der Waals surface area (Å²) in [4.78, 5) is 16.0. The summed E-state index contributed by atoms with van der Waals surface area (Å²) in [6.07, 6.45) is 3.31. The number of aromatic nitrogens is 2. The summed E-state index contributed by atoms with van der Waals surface area (Å²) < 4.78 is 7.31. The highest BCUT2D eigenvalue weighted by Crippen LogP contribution is 2.16. The molecule has 0 saturated heterocycles. The first kappa shape index (κ1) is 16.9. The second-order valence-electron chi connectivity index (χ2n) is 6.19. The van der Waals surface area contributed by atoms with E-state index < -0.39 is 11.7 Å². The number of hydrogen-bond donors (Lipinski definition) is 2. The number of amides is 1. The third-order valence-corrected chi connectivity index (χ3v) is 3.12. The standard InChI is InChI=1S/C17H24N4O2/c1-5-21-11-10-18-15(21)12-19-13-6-8-14(9-7-13)20-16(22)23-17(2,3)4/h6-11,19H,5,12H2,1-4H3,(H,20,22). The lowest BCUT2D eigenvalue weighted by atomic mass is 10.2. The Kier molecular flexibility index (Phi) is 5.26. The van der Waals surface area contributed by atoms with Crippen molar-refractivity contribution in [2.24, 2.45) is 0 Å². The molecule has 1 heterocycles. The topological polar surface area (TPSA) is 68.2 Å². The van der Waals surface area contributed by atoms with Gasteiger partial charge in [0.05, 0.1) is 6.54 Å². The van der Waals surface area contributed by atoms with Gasteiger partial charge in [0, 0.05) is 30.3 Å². The second kappa shape index (κ2) is 7.17. The van der Waals surface area contributed by atoms with E-state index in [2.05, 4.69) is 27.1 Å². The minimum atomic E-state index is -0.507. The van der Waals surface area contributed by atoms with E-state index in [1.54, 1.807) is 6.20 Å². The van der Waals surface area contributed by atoms with E-state index in [9.17, 15) is 4.79 Å². The molecule has 6 nitrogen and oxygen atoms in total. The molecule has 0 unspecified atom stereocenters. The molecule has 0 aliphatic rings. The smallest absolute Gasteiger partial charge is 0.412 e. The largest absolute Gasteiger partial charge is 0.444 e. The zero-order valence-electron chi connectivity index (χ0n) is 14.1. The molecule has 0 atom stereocenters. The maximum absolute atomic E-state index is 11.7. The Balaban J connectivity index is 1.88. The molecule has 0 saturated carbocycles. The molecule has 0 aliphatic carbocycles. The van der Waals surface area contributed by atoms with Crippen molar-refractivity contribution < 1.29 is 9.53 Å². The number of carbonyl (C=O) groups is 1. The third kappa shape index (κ3) is 5.32. The first-order chi connectivity index (χ1) is 10.9. The summed E-state index contributed by atoms with van der Waals surface area (Å²) in [5, 5.41) is 6.02. The lowest BCUT2D eigenvalue weighted by Crippen LogP contribution is -2.27. The molecule has 2 rings (SSSR count). The molecular formula is C17H24N4O2. The molecular weight excluding hydrogens is 292 g/mol. The third-order valence-electron chi connectivity index (χ3n) is 3.12. The van der Waals surface area contributed by atoms with Crippen LogP contribution < -0.4 is 10.6 Å². The highest BCUT2D eigenvalue weighted by atomic mass is 16.6. The van der Waals surface area contributed by atoms with Crippen LogP contribution in [0.3, 0.4) is 0 Å². The van der Waals surface area contributed by atoms with Crippen LogP contribution in [0.2, 0.25) is 0 Å². The van der Waals surface area contributed by atoms with Crippen LogP contribution in [0.5, 0.6) is 0 Å². The maximum Gasteiger partial charge on any atom is 0.412 e. The predicted molar refractivity (Wildman–Crippen MR) is 91.5 cm³/mol. The van der Waals surface area contributed by atoms with Crippen LogP contribution in [-0.2, 0) is 17.8 Å². The average molecular weight is 316 g/mol. The van der Waals surface area contributed by atoms with Crippen molar-refractivity contribution >= 4 is 17.5 Å². The van der Waals surface area contributed by atoms with Crippen LogP contribution in [0.1, 0.15) is 33.5 Å². The van der Waals surface area contributed by atoms with E-state index >= 15 is 0 Å². The number of hydrogen-bond acceptors (Lipinski definition) is 4. The van der Waals surface area contributed by atoms with Crippen molar-refractivity contribution in [2.75, 3.05) is 10.6 Å². The van der Waals surface area contributed by atoms with Crippen molar-refractivity contribution in [1.82, 2.24) is 9.55 Å². The van der Waals surface area contributed by atoms with Crippen molar-refractivity contribution in [3.05, 3.63) is 42.5 Å². The normalized spacial score (nSPS) is 11.1. The van der Waals surface area contributed by atoms with Crippen LogP contribution in [0.4, 0.5) is 16.2 Å². The van der Waals surface area contributed by atoms with Gasteiger partial charge in [-0.05, 0) is 52.0 Å². The molecule has 2 aromatic rings. The average Bonchev–Trinajstić information content (AvgIpc) is 2.92. The van der Waals surface area contributed by atoms with Gasteiger partial charge in [-0.25, -0.2) is 9.78 Å². The van der Waals surface area contributed by atoms with E-state index in [1.807, 2.05) is 51.2 Å². The molecule has 1 aromatic heterocycles. The molecule has 2 N–H and O–H groups in total. The first-order valence-electron chi connectivity index (χ1n) is 7.71. The van der Waals surface area contributed by atoms with Crippen LogP contribution in [0.25, 0.3) is 0 Å². The SMILES string of the molecule is CCn1ccnc1CNc1ccc(NC(=O)OC(C)(C)C)cc1.